The summed E-state index contributed by atoms with van der Waals surface area (Å²) >= 11 is 0. The molecule has 0 aliphatic rings. The van der Waals surface area contributed by atoms with Crippen LogP contribution in [0.3, 0.4) is 0 Å². The normalized spacial score (nSPS) is 10.8. The van der Waals surface area contributed by atoms with Crippen LogP contribution in [0.2, 0.25) is 0 Å². The lowest BCUT2D eigenvalue weighted by molar-refractivity contribution is 0.112. The maximum Gasteiger partial charge on any atom is 0.165 e. The second-order valence-electron chi connectivity index (χ2n) is 6.01. The molecule has 1 heterocycles. The number of rotatable bonds is 4. The topological polar surface area (TPSA) is 42.1 Å². The van der Waals surface area contributed by atoms with E-state index in [2.05, 4.69) is 4.98 Å². The Bertz CT molecular complexity index is 1100. The Labute approximate surface area is 150 Å². The number of aromatic nitrogens is 1. The van der Waals surface area contributed by atoms with Gasteiger partial charge in [-0.1, -0.05) is 36.4 Å². The monoisotopic (exact) mass is 345 g/mol. The van der Waals surface area contributed by atoms with E-state index in [0.717, 1.165) is 28.3 Å². The smallest absolute Gasteiger partial charge is 0.165 e. The SMILES string of the molecule is COc1ccc(-c2[nH]c3ccc(-c4ccccc4)cc3c2C=O)cc1F. The van der Waals surface area contributed by atoms with E-state index in [0.29, 0.717) is 16.8 Å². The largest absolute Gasteiger partial charge is 0.494 e. The van der Waals surface area contributed by atoms with Crippen molar-refractivity contribution in [3.05, 3.63) is 78.1 Å². The van der Waals surface area contributed by atoms with E-state index >= 15 is 0 Å². The van der Waals surface area contributed by atoms with Crippen LogP contribution in [0.15, 0.2) is 66.7 Å². The van der Waals surface area contributed by atoms with Gasteiger partial charge in [0.05, 0.1) is 12.8 Å². The number of carbonyl (C=O) groups excluding carboxylic acids is 1. The van der Waals surface area contributed by atoms with E-state index in [1.807, 2.05) is 48.5 Å². The van der Waals surface area contributed by atoms with Crippen molar-refractivity contribution < 1.29 is 13.9 Å². The van der Waals surface area contributed by atoms with Crippen molar-refractivity contribution in [3.63, 3.8) is 0 Å². The van der Waals surface area contributed by atoms with E-state index in [1.54, 1.807) is 12.1 Å². The molecule has 4 aromatic rings. The van der Waals surface area contributed by atoms with E-state index in [9.17, 15) is 9.18 Å². The average molecular weight is 345 g/mol. The quantitative estimate of drug-likeness (QED) is 0.499. The third kappa shape index (κ3) is 2.65. The van der Waals surface area contributed by atoms with Gasteiger partial charge in [-0.2, -0.15) is 0 Å². The van der Waals surface area contributed by atoms with Crippen LogP contribution in [0.4, 0.5) is 4.39 Å². The summed E-state index contributed by atoms with van der Waals surface area (Å²) in [5.74, 6) is -0.297. The summed E-state index contributed by atoms with van der Waals surface area (Å²) in [6, 6.07) is 20.5. The van der Waals surface area contributed by atoms with Gasteiger partial charge >= 0.3 is 0 Å². The van der Waals surface area contributed by atoms with Crippen LogP contribution in [0.1, 0.15) is 10.4 Å². The molecule has 0 fully saturated rings. The van der Waals surface area contributed by atoms with Crippen molar-refractivity contribution in [1.29, 1.82) is 0 Å². The fraction of sp³-hybridized carbons (Fsp3) is 0.0455. The lowest BCUT2D eigenvalue weighted by Gasteiger charge is -2.04. The molecular formula is C22H16FNO2. The number of hydrogen-bond donors (Lipinski definition) is 1. The molecule has 0 aliphatic carbocycles. The Kier molecular flexibility index (Phi) is 4.01. The molecule has 3 aromatic carbocycles. The molecule has 0 unspecified atom stereocenters. The van der Waals surface area contributed by atoms with Gasteiger partial charge in [-0.3, -0.25) is 4.79 Å². The molecule has 26 heavy (non-hydrogen) atoms. The highest BCUT2D eigenvalue weighted by atomic mass is 19.1. The Hall–Kier alpha value is -3.40. The lowest BCUT2D eigenvalue weighted by atomic mass is 10.0. The lowest BCUT2D eigenvalue weighted by Crippen LogP contribution is -1.90. The van der Waals surface area contributed by atoms with E-state index in [1.165, 1.54) is 13.2 Å². The fourth-order valence-corrected chi connectivity index (χ4v) is 3.19. The van der Waals surface area contributed by atoms with Crippen molar-refractivity contribution >= 4 is 17.2 Å². The zero-order valence-corrected chi connectivity index (χ0v) is 14.1. The molecule has 0 saturated carbocycles. The predicted octanol–water partition coefficient (Wildman–Crippen LogP) is 5.46. The molecule has 128 valence electrons. The number of halogens is 1. The highest BCUT2D eigenvalue weighted by Crippen LogP contribution is 2.33. The summed E-state index contributed by atoms with van der Waals surface area (Å²) < 4.78 is 19.0. The van der Waals surface area contributed by atoms with Crippen LogP contribution in [0, 0.1) is 5.82 Å². The molecule has 0 spiro atoms. The van der Waals surface area contributed by atoms with Gasteiger partial charge in [-0.15, -0.1) is 0 Å². The van der Waals surface area contributed by atoms with Crippen LogP contribution in [0.5, 0.6) is 5.75 Å². The first kappa shape index (κ1) is 16.1. The molecule has 0 saturated heterocycles. The number of hydrogen-bond acceptors (Lipinski definition) is 2. The van der Waals surface area contributed by atoms with Gasteiger partial charge in [0, 0.05) is 22.0 Å². The molecule has 0 aliphatic heterocycles. The highest BCUT2D eigenvalue weighted by molar-refractivity contribution is 6.05. The first-order valence-corrected chi connectivity index (χ1v) is 8.21. The van der Waals surface area contributed by atoms with Crippen LogP contribution >= 0.6 is 0 Å². The number of H-pyrrole nitrogens is 1. The Balaban J connectivity index is 1.89. The number of fused-ring (bicyclic) bond motifs is 1. The molecule has 4 heteroatoms. The summed E-state index contributed by atoms with van der Waals surface area (Å²) in [6.45, 7) is 0. The van der Waals surface area contributed by atoms with Gasteiger partial charge in [0.15, 0.2) is 17.9 Å². The van der Waals surface area contributed by atoms with Gasteiger partial charge in [0.1, 0.15) is 0 Å². The maximum atomic E-state index is 14.1. The molecule has 4 rings (SSSR count). The molecule has 0 radical (unpaired) electrons. The van der Waals surface area contributed by atoms with Gasteiger partial charge in [-0.25, -0.2) is 4.39 Å². The van der Waals surface area contributed by atoms with Crippen molar-refractivity contribution in [1.82, 2.24) is 4.98 Å². The van der Waals surface area contributed by atoms with E-state index in [-0.39, 0.29) is 5.75 Å². The summed E-state index contributed by atoms with van der Waals surface area (Å²) in [5, 5.41) is 0.813. The highest BCUT2D eigenvalue weighted by Gasteiger charge is 2.15. The van der Waals surface area contributed by atoms with Crippen LogP contribution in [-0.2, 0) is 0 Å². The zero-order chi connectivity index (χ0) is 18.1. The number of aldehydes is 1. The summed E-state index contributed by atoms with van der Waals surface area (Å²) in [5.41, 5.74) is 4.64. The number of ether oxygens (including phenoxy) is 1. The van der Waals surface area contributed by atoms with Crippen molar-refractivity contribution in [2.24, 2.45) is 0 Å². The number of benzene rings is 3. The molecule has 0 amide bonds. The Morgan fingerprint density at radius 3 is 2.38 bits per heavy atom. The molecule has 0 atom stereocenters. The predicted molar refractivity (Wildman–Crippen MR) is 101 cm³/mol. The summed E-state index contributed by atoms with van der Waals surface area (Å²) in [4.78, 5) is 15.0. The minimum atomic E-state index is -0.467. The van der Waals surface area contributed by atoms with Crippen molar-refractivity contribution in [2.75, 3.05) is 7.11 Å². The van der Waals surface area contributed by atoms with E-state index in [4.69, 9.17) is 4.74 Å². The van der Waals surface area contributed by atoms with Crippen molar-refractivity contribution in [2.45, 2.75) is 0 Å². The molecular weight excluding hydrogens is 329 g/mol. The van der Waals surface area contributed by atoms with Crippen molar-refractivity contribution in [3.8, 4) is 28.1 Å². The number of nitrogens with one attached hydrogen (secondary N) is 1. The Morgan fingerprint density at radius 1 is 0.923 bits per heavy atom. The first-order valence-electron chi connectivity index (χ1n) is 8.21. The average Bonchev–Trinajstić information content (AvgIpc) is 3.06. The second kappa shape index (κ2) is 6.48. The van der Waals surface area contributed by atoms with Gasteiger partial charge in [0.25, 0.3) is 0 Å². The third-order valence-corrected chi connectivity index (χ3v) is 4.50. The standard InChI is InChI=1S/C22H16FNO2/c1-26-21-10-8-16(12-19(21)23)22-18(13-25)17-11-15(7-9-20(17)24-22)14-5-3-2-4-6-14/h2-13,24H,1H3. The third-order valence-electron chi connectivity index (χ3n) is 4.50. The minimum Gasteiger partial charge on any atom is -0.494 e. The zero-order valence-electron chi connectivity index (χ0n) is 14.1. The van der Waals surface area contributed by atoms with Crippen LogP contribution in [0.25, 0.3) is 33.3 Å². The number of aromatic amines is 1. The molecule has 0 bridgehead atoms. The Morgan fingerprint density at radius 2 is 1.69 bits per heavy atom. The molecule has 1 N–H and O–H groups in total. The first-order chi connectivity index (χ1) is 12.7. The maximum absolute atomic E-state index is 14.1. The van der Waals surface area contributed by atoms with Gasteiger partial charge in [0.2, 0.25) is 0 Å². The van der Waals surface area contributed by atoms with Crippen LogP contribution < -0.4 is 4.74 Å². The fourth-order valence-electron chi connectivity index (χ4n) is 3.19. The van der Waals surface area contributed by atoms with Gasteiger partial charge in [-0.05, 0) is 41.5 Å². The molecule has 1 aromatic heterocycles. The van der Waals surface area contributed by atoms with E-state index < -0.39 is 5.82 Å². The second-order valence-corrected chi connectivity index (χ2v) is 6.01. The number of carbonyl (C=O) groups is 1. The number of methoxy groups -OCH3 is 1. The molecule has 3 nitrogen and oxygen atoms in total. The summed E-state index contributed by atoms with van der Waals surface area (Å²) in [6.07, 6.45) is 0.811. The van der Waals surface area contributed by atoms with Crippen LogP contribution in [-0.4, -0.2) is 18.4 Å². The minimum absolute atomic E-state index is 0.170. The summed E-state index contributed by atoms with van der Waals surface area (Å²) in [7, 11) is 1.42. The van der Waals surface area contributed by atoms with Gasteiger partial charge < -0.3 is 9.72 Å².